The first-order valence-corrected chi connectivity index (χ1v) is 9.26. The van der Waals surface area contributed by atoms with Crippen LogP contribution in [0.1, 0.15) is 53.1 Å². The molecule has 2 saturated carbocycles. The Hall–Kier alpha value is -0.850. The summed E-state index contributed by atoms with van der Waals surface area (Å²) in [5, 5.41) is 9.57. The molecule has 0 aromatic carbocycles. The van der Waals surface area contributed by atoms with E-state index >= 15 is 0 Å². The average Bonchev–Trinajstić information content (AvgIpc) is 3.40. The molecule has 2 fully saturated rings. The summed E-state index contributed by atoms with van der Waals surface area (Å²) in [5.74, 6) is 2.23. The molecule has 4 rings (SSSR count). The number of thioether (sulfide) groups is 1. The second kappa shape index (κ2) is 5.41. The third-order valence-electron chi connectivity index (χ3n) is 3.73. The molecule has 0 bridgehead atoms. The Morgan fingerprint density at radius 2 is 2.14 bits per heavy atom. The van der Waals surface area contributed by atoms with Crippen LogP contribution < -0.4 is 0 Å². The number of ketones is 1. The number of aromatic nitrogens is 3. The van der Waals surface area contributed by atoms with Crippen LogP contribution in [0.2, 0.25) is 4.34 Å². The van der Waals surface area contributed by atoms with Crippen molar-refractivity contribution in [3.05, 3.63) is 27.2 Å². The molecule has 0 radical (unpaired) electrons. The first-order chi connectivity index (χ1) is 10.2. The van der Waals surface area contributed by atoms with E-state index in [0.29, 0.717) is 26.9 Å². The van der Waals surface area contributed by atoms with Gasteiger partial charge in [-0.1, -0.05) is 23.4 Å². The maximum absolute atomic E-state index is 12.2. The van der Waals surface area contributed by atoms with E-state index in [-0.39, 0.29) is 5.78 Å². The molecule has 21 heavy (non-hydrogen) atoms. The van der Waals surface area contributed by atoms with Crippen LogP contribution in [0.25, 0.3) is 0 Å². The fourth-order valence-corrected chi connectivity index (χ4v) is 4.32. The second-order valence-electron chi connectivity index (χ2n) is 5.53. The SMILES string of the molecule is O=C(CSc1nnc(C2CC2)n1C1CC1)c1ccc(Cl)s1. The van der Waals surface area contributed by atoms with Gasteiger partial charge in [-0.25, -0.2) is 0 Å². The van der Waals surface area contributed by atoms with Gasteiger partial charge in [0.15, 0.2) is 10.9 Å². The first kappa shape index (κ1) is 13.8. The number of hydrogen-bond acceptors (Lipinski definition) is 5. The van der Waals surface area contributed by atoms with Crippen molar-refractivity contribution in [3.63, 3.8) is 0 Å². The van der Waals surface area contributed by atoms with Gasteiger partial charge in [-0.15, -0.1) is 21.5 Å². The molecule has 7 heteroatoms. The second-order valence-corrected chi connectivity index (χ2v) is 8.19. The van der Waals surface area contributed by atoms with Crippen molar-refractivity contribution < 1.29 is 4.79 Å². The van der Waals surface area contributed by atoms with Crippen LogP contribution in [0.3, 0.4) is 0 Å². The van der Waals surface area contributed by atoms with E-state index in [1.54, 1.807) is 12.1 Å². The lowest BCUT2D eigenvalue weighted by molar-refractivity contribution is 0.102. The summed E-state index contributed by atoms with van der Waals surface area (Å²) in [6, 6.07) is 4.11. The maximum atomic E-state index is 12.2. The number of hydrogen-bond donors (Lipinski definition) is 0. The molecule has 0 saturated heterocycles. The lowest BCUT2D eigenvalue weighted by Crippen LogP contribution is -2.04. The Labute approximate surface area is 135 Å². The monoisotopic (exact) mass is 339 g/mol. The minimum absolute atomic E-state index is 0.107. The minimum Gasteiger partial charge on any atom is -0.303 e. The summed E-state index contributed by atoms with van der Waals surface area (Å²) < 4.78 is 2.93. The fraction of sp³-hybridized carbons (Fsp3) is 0.500. The van der Waals surface area contributed by atoms with E-state index in [2.05, 4.69) is 14.8 Å². The molecule has 2 heterocycles. The van der Waals surface area contributed by atoms with Gasteiger partial charge in [0.2, 0.25) is 0 Å². The van der Waals surface area contributed by atoms with E-state index in [1.807, 2.05) is 0 Å². The van der Waals surface area contributed by atoms with Crippen LogP contribution >= 0.6 is 34.7 Å². The van der Waals surface area contributed by atoms with Crippen molar-refractivity contribution in [3.8, 4) is 0 Å². The highest BCUT2D eigenvalue weighted by molar-refractivity contribution is 7.99. The molecule has 4 nitrogen and oxygen atoms in total. The number of halogens is 1. The van der Waals surface area contributed by atoms with Gasteiger partial charge in [-0.05, 0) is 37.8 Å². The third kappa shape index (κ3) is 2.89. The van der Waals surface area contributed by atoms with Crippen LogP contribution in [0.15, 0.2) is 17.3 Å². The Morgan fingerprint density at radius 1 is 1.33 bits per heavy atom. The molecule has 2 aliphatic rings. The predicted octanol–water partition coefficient (Wildman–Crippen LogP) is 4.18. The third-order valence-corrected chi connectivity index (χ3v) is 5.94. The van der Waals surface area contributed by atoms with Crippen molar-refractivity contribution in [2.24, 2.45) is 0 Å². The van der Waals surface area contributed by atoms with Gasteiger partial charge in [0, 0.05) is 12.0 Å². The highest BCUT2D eigenvalue weighted by Gasteiger charge is 2.36. The Kier molecular flexibility index (Phi) is 3.55. The highest BCUT2D eigenvalue weighted by atomic mass is 35.5. The van der Waals surface area contributed by atoms with Gasteiger partial charge in [0.1, 0.15) is 5.82 Å². The van der Waals surface area contributed by atoms with Crippen molar-refractivity contribution in [1.29, 1.82) is 0 Å². The molecule has 0 atom stereocenters. The van der Waals surface area contributed by atoms with Gasteiger partial charge in [-0.3, -0.25) is 4.79 Å². The molecule has 2 aliphatic carbocycles. The number of carbonyl (C=O) groups excluding carboxylic acids is 1. The molecular formula is C14H14ClN3OS2. The normalized spacial score (nSPS) is 18.1. The van der Waals surface area contributed by atoms with Crippen LogP contribution in [0.4, 0.5) is 0 Å². The van der Waals surface area contributed by atoms with Crippen molar-refractivity contribution in [1.82, 2.24) is 14.8 Å². The number of rotatable bonds is 6. The standard InChI is InChI=1S/C14H14ClN3OS2/c15-12-6-5-11(21-12)10(19)7-20-14-17-16-13(8-1-2-8)18(14)9-3-4-9/h5-6,8-9H,1-4,7H2. The summed E-state index contributed by atoms with van der Waals surface area (Å²) in [5.41, 5.74) is 0. The first-order valence-electron chi connectivity index (χ1n) is 7.08. The molecular weight excluding hydrogens is 326 g/mol. The van der Waals surface area contributed by atoms with E-state index in [4.69, 9.17) is 11.6 Å². The van der Waals surface area contributed by atoms with E-state index in [0.717, 1.165) is 11.0 Å². The lowest BCUT2D eigenvalue weighted by atomic mass is 10.4. The topological polar surface area (TPSA) is 47.8 Å². The van der Waals surface area contributed by atoms with Gasteiger partial charge < -0.3 is 4.57 Å². The van der Waals surface area contributed by atoms with E-state index < -0.39 is 0 Å². The Balaban J connectivity index is 1.48. The fourth-order valence-electron chi connectivity index (χ4n) is 2.35. The summed E-state index contributed by atoms with van der Waals surface area (Å²) in [6.45, 7) is 0. The molecule has 0 amide bonds. The van der Waals surface area contributed by atoms with Crippen molar-refractivity contribution >= 4 is 40.5 Å². The van der Waals surface area contributed by atoms with Crippen LogP contribution in [-0.2, 0) is 0 Å². The zero-order valence-electron chi connectivity index (χ0n) is 11.3. The number of thiophene rings is 1. The summed E-state index contributed by atoms with van der Waals surface area (Å²) in [6.07, 6.45) is 4.86. The van der Waals surface area contributed by atoms with E-state index in [9.17, 15) is 4.79 Å². The van der Waals surface area contributed by atoms with Crippen molar-refractivity contribution in [2.75, 3.05) is 5.75 Å². The van der Waals surface area contributed by atoms with Gasteiger partial charge >= 0.3 is 0 Å². The Bertz CT molecular complexity index is 688. The zero-order valence-corrected chi connectivity index (χ0v) is 13.7. The number of Topliss-reactive ketones (excluding diaryl/α,β-unsaturated/α-hetero) is 1. The minimum atomic E-state index is 0.107. The Morgan fingerprint density at radius 3 is 2.76 bits per heavy atom. The van der Waals surface area contributed by atoms with Crippen LogP contribution in [0.5, 0.6) is 0 Å². The molecule has 0 aliphatic heterocycles. The summed E-state index contributed by atoms with van der Waals surface area (Å²) >= 11 is 8.71. The highest BCUT2D eigenvalue weighted by Crippen LogP contribution is 2.46. The quantitative estimate of drug-likeness (QED) is 0.585. The molecule has 2 aromatic rings. The molecule has 110 valence electrons. The smallest absolute Gasteiger partial charge is 0.191 e. The summed E-state index contributed by atoms with van der Waals surface area (Å²) in [4.78, 5) is 12.9. The van der Waals surface area contributed by atoms with Gasteiger partial charge in [-0.2, -0.15) is 0 Å². The lowest BCUT2D eigenvalue weighted by Gasteiger charge is -2.07. The van der Waals surface area contributed by atoms with Gasteiger partial charge in [0.25, 0.3) is 0 Å². The maximum Gasteiger partial charge on any atom is 0.191 e. The zero-order chi connectivity index (χ0) is 14.4. The molecule has 0 spiro atoms. The van der Waals surface area contributed by atoms with Crippen molar-refractivity contribution in [2.45, 2.75) is 42.8 Å². The molecule has 0 unspecified atom stereocenters. The largest absolute Gasteiger partial charge is 0.303 e. The van der Waals surface area contributed by atoms with Crippen LogP contribution in [0, 0.1) is 0 Å². The van der Waals surface area contributed by atoms with E-state index in [1.165, 1.54) is 48.8 Å². The number of carbonyl (C=O) groups is 1. The molecule has 0 N–H and O–H groups in total. The summed E-state index contributed by atoms with van der Waals surface area (Å²) in [7, 11) is 0. The predicted molar refractivity (Wildman–Crippen MR) is 84.7 cm³/mol. The average molecular weight is 340 g/mol. The number of nitrogens with zero attached hydrogens (tertiary/aromatic N) is 3. The molecule has 2 aromatic heterocycles. The van der Waals surface area contributed by atoms with Gasteiger partial charge in [0.05, 0.1) is 15.0 Å². The van der Waals surface area contributed by atoms with Crippen LogP contribution in [-0.4, -0.2) is 26.3 Å².